The van der Waals surface area contributed by atoms with Crippen LogP contribution in [0.1, 0.15) is 10.4 Å². The Morgan fingerprint density at radius 3 is 2.80 bits per heavy atom. The predicted octanol–water partition coefficient (Wildman–Crippen LogP) is -1.43. The van der Waals surface area contributed by atoms with Crippen molar-refractivity contribution in [2.45, 2.75) is 0 Å². The summed E-state index contributed by atoms with van der Waals surface area (Å²) in [4.78, 5) is 11.8. The molecule has 0 radical (unpaired) electrons. The van der Waals surface area contributed by atoms with E-state index in [9.17, 15) is 9.90 Å². The van der Waals surface area contributed by atoms with Crippen LogP contribution in [-0.2, 0) is 0 Å². The molecule has 1 aromatic rings. The summed E-state index contributed by atoms with van der Waals surface area (Å²) in [5.74, 6) is -0.614. The first-order valence-corrected chi connectivity index (χ1v) is 4.83. The van der Waals surface area contributed by atoms with Crippen molar-refractivity contribution >= 4 is 5.97 Å². The molecule has 0 heterocycles. The van der Waals surface area contributed by atoms with Gasteiger partial charge in [0.05, 0.1) is 20.1 Å². The summed E-state index contributed by atoms with van der Waals surface area (Å²) in [5, 5.41) is 10.6. The number of nitrogens with one attached hydrogen (secondary N) is 1. The van der Waals surface area contributed by atoms with Crippen molar-refractivity contribution in [3.63, 3.8) is 0 Å². The molecular formula is C11H15NO3. The second-order valence-electron chi connectivity index (χ2n) is 3.62. The molecule has 0 atom stereocenters. The molecule has 0 saturated carbocycles. The van der Waals surface area contributed by atoms with Crippen molar-refractivity contribution in [2.24, 2.45) is 0 Å². The van der Waals surface area contributed by atoms with Gasteiger partial charge in [0, 0.05) is 5.56 Å². The molecule has 82 valence electrons. The van der Waals surface area contributed by atoms with E-state index in [1.165, 1.54) is 17.0 Å². The molecule has 0 aliphatic rings. The molecule has 4 nitrogen and oxygen atoms in total. The minimum atomic E-state index is -1.18. The van der Waals surface area contributed by atoms with Crippen LogP contribution in [0.25, 0.3) is 0 Å². The Hall–Kier alpha value is -1.55. The van der Waals surface area contributed by atoms with Gasteiger partial charge in [-0.1, -0.05) is 12.1 Å². The maximum atomic E-state index is 10.6. The Balaban J connectivity index is 2.54. The Labute approximate surface area is 89.1 Å². The predicted molar refractivity (Wildman–Crippen MR) is 53.9 cm³/mol. The average Bonchev–Trinajstić information content (AvgIpc) is 2.17. The molecule has 0 bridgehead atoms. The maximum Gasteiger partial charge on any atom is 0.137 e. The summed E-state index contributed by atoms with van der Waals surface area (Å²) in [6.45, 7) is 1.44. The van der Waals surface area contributed by atoms with Crippen LogP contribution in [0.5, 0.6) is 5.75 Å². The molecule has 4 heteroatoms. The molecule has 1 rings (SSSR count). The number of carbonyl (C=O) groups excluding carboxylic acids is 1. The van der Waals surface area contributed by atoms with E-state index < -0.39 is 5.97 Å². The lowest BCUT2D eigenvalue weighted by Gasteiger charge is -2.10. The van der Waals surface area contributed by atoms with Gasteiger partial charge < -0.3 is 19.5 Å². The number of rotatable bonds is 5. The molecule has 0 aromatic heterocycles. The highest BCUT2D eigenvalue weighted by Gasteiger charge is 1.99. The third kappa shape index (κ3) is 3.99. The number of aromatic carboxylic acids is 1. The summed E-state index contributed by atoms with van der Waals surface area (Å²) in [5.41, 5.74) is 0.143. The quantitative estimate of drug-likeness (QED) is 0.647. The van der Waals surface area contributed by atoms with Crippen molar-refractivity contribution in [2.75, 3.05) is 27.2 Å². The van der Waals surface area contributed by atoms with Crippen molar-refractivity contribution < 1.29 is 19.5 Å². The van der Waals surface area contributed by atoms with E-state index in [1.54, 1.807) is 12.1 Å². The fraction of sp³-hybridized carbons (Fsp3) is 0.364. The number of quaternary nitrogens is 1. The van der Waals surface area contributed by atoms with E-state index >= 15 is 0 Å². The number of carboxylic acids is 1. The van der Waals surface area contributed by atoms with Crippen LogP contribution in [0.2, 0.25) is 0 Å². The fourth-order valence-corrected chi connectivity index (χ4v) is 1.09. The van der Waals surface area contributed by atoms with Gasteiger partial charge >= 0.3 is 0 Å². The Morgan fingerprint density at radius 1 is 1.47 bits per heavy atom. The van der Waals surface area contributed by atoms with Crippen LogP contribution in [0.3, 0.4) is 0 Å². The van der Waals surface area contributed by atoms with Crippen molar-refractivity contribution in [3.05, 3.63) is 29.8 Å². The first kappa shape index (κ1) is 11.5. The standard InChI is InChI=1S/C11H15NO3/c1-12(2)6-7-15-10-5-3-4-9(8-10)11(13)14/h3-5,8H,6-7H2,1-2H3,(H,13,14). The lowest BCUT2D eigenvalue weighted by atomic mass is 10.2. The molecule has 0 fully saturated rings. The van der Waals surface area contributed by atoms with Crippen LogP contribution in [-0.4, -0.2) is 33.2 Å². The van der Waals surface area contributed by atoms with Gasteiger partial charge in [-0.05, 0) is 12.1 Å². The molecule has 0 spiro atoms. The van der Waals surface area contributed by atoms with Crippen molar-refractivity contribution in [1.82, 2.24) is 0 Å². The van der Waals surface area contributed by atoms with E-state index in [0.717, 1.165) is 6.54 Å². The highest BCUT2D eigenvalue weighted by Crippen LogP contribution is 2.12. The largest absolute Gasteiger partial charge is 0.545 e. The van der Waals surface area contributed by atoms with Gasteiger partial charge in [-0.3, -0.25) is 0 Å². The molecule has 0 aliphatic heterocycles. The topological polar surface area (TPSA) is 53.8 Å². The molecule has 0 saturated heterocycles. The van der Waals surface area contributed by atoms with Gasteiger partial charge in [0.15, 0.2) is 0 Å². The van der Waals surface area contributed by atoms with E-state index in [-0.39, 0.29) is 5.56 Å². The lowest BCUT2D eigenvalue weighted by molar-refractivity contribution is -0.858. The van der Waals surface area contributed by atoms with Gasteiger partial charge in [-0.25, -0.2) is 0 Å². The minimum Gasteiger partial charge on any atom is -0.545 e. The number of ether oxygens (including phenoxy) is 1. The third-order valence-electron chi connectivity index (χ3n) is 1.94. The Morgan fingerprint density at radius 2 is 2.20 bits per heavy atom. The third-order valence-corrected chi connectivity index (χ3v) is 1.94. The number of benzene rings is 1. The van der Waals surface area contributed by atoms with Crippen LogP contribution in [0.4, 0.5) is 0 Å². The van der Waals surface area contributed by atoms with E-state index in [2.05, 4.69) is 0 Å². The summed E-state index contributed by atoms with van der Waals surface area (Å²) >= 11 is 0. The van der Waals surface area contributed by atoms with E-state index in [0.29, 0.717) is 12.4 Å². The zero-order valence-electron chi connectivity index (χ0n) is 8.95. The maximum absolute atomic E-state index is 10.6. The van der Waals surface area contributed by atoms with E-state index in [1.807, 2.05) is 14.1 Å². The first-order valence-electron chi connectivity index (χ1n) is 4.83. The van der Waals surface area contributed by atoms with Crippen molar-refractivity contribution in [3.8, 4) is 5.75 Å². The molecule has 1 N–H and O–H groups in total. The number of likely N-dealkylation sites (N-methyl/N-ethyl adjacent to an activating group) is 1. The molecule has 0 aliphatic carbocycles. The SMILES string of the molecule is C[NH+](C)CCOc1cccc(C(=O)[O-])c1. The van der Waals surface area contributed by atoms with Gasteiger partial charge in [0.1, 0.15) is 18.9 Å². The van der Waals surface area contributed by atoms with Crippen molar-refractivity contribution in [1.29, 1.82) is 0 Å². The number of carbonyl (C=O) groups is 1. The van der Waals surface area contributed by atoms with Gasteiger partial charge in [0.25, 0.3) is 0 Å². The van der Waals surface area contributed by atoms with Crippen LogP contribution in [0.15, 0.2) is 24.3 Å². The zero-order chi connectivity index (χ0) is 11.3. The van der Waals surface area contributed by atoms with Gasteiger partial charge in [0.2, 0.25) is 0 Å². The number of hydrogen-bond acceptors (Lipinski definition) is 3. The van der Waals surface area contributed by atoms with Crippen LogP contribution in [0, 0.1) is 0 Å². The average molecular weight is 209 g/mol. The molecule has 15 heavy (non-hydrogen) atoms. The number of hydrogen-bond donors (Lipinski definition) is 1. The highest BCUT2D eigenvalue weighted by molar-refractivity contribution is 5.86. The summed E-state index contributed by atoms with van der Waals surface area (Å²) < 4.78 is 5.40. The molecule has 1 aromatic carbocycles. The molecule has 0 amide bonds. The van der Waals surface area contributed by atoms with Crippen LogP contribution < -0.4 is 14.7 Å². The van der Waals surface area contributed by atoms with E-state index in [4.69, 9.17) is 4.74 Å². The Bertz CT molecular complexity index is 336. The second-order valence-corrected chi connectivity index (χ2v) is 3.62. The summed E-state index contributed by atoms with van der Waals surface area (Å²) in [6, 6.07) is 6.33. The molecular weight excluding hydrogens is 194 g/mol. The Kier molecular flexibility index (Phi) is 4.12. The van der Waals surface area contributed by atoms with Crippen LogP contribution >= 0.6 is 0 Å². The fourth-order valence-electron chi connectivity index (χ4n) is 1.09. The lowest BCUT2D eigenvalue weighted by Crippen LogP contribution is -3.06. The summed E-state index contributed by atoms with van der Waals surface area (Å²) in [6.07, 6.45) is 0. The highest BCUT2D eigenvalue weighted by atomic mass is 16.5. The minimum absolute atomic E-state index is 0.143. The van der Waals surface area contributed by atoms with Gasteiger partial charge in [-0.15, -0.1) is 0 Å². The first-order chi connectivity index (χ1) is 7.09. The number of carboxylic acid groups (broad SMARTS) is 1. The normalized spacial score (nSPS) is 10.3. The smallest absolute Gasteiger partial charge is 0.137 e. The molecule has 0 unspecified atom stereocenters. The second kappa shape index (κ2) is 5.36. The zero-order valence-corrected chi connectivity index (χ0v) is 8.95. The monoisotopic (exact) mass is 209 g/mol. The summed E-state index contributed by atoms with van der Waals surface area (Å²) in [7, 11) is 4.06. The van der Waals surface area contributed by atoms with Gasteiger partial charge in [-0.2, -0.15) is 0 Å².